The molecule has 228 valence electrons. The van der Waals surface area contributed by atoms with Gasteiger partial charge in [0.25, 0.3) is 5.91 Å². The van der Waals surface area contributed by atoms with Crippen LogP contribution in [0.4, 0.5) is 4.79 Å². The molecule has 2 aromatic carbocycles. The molecule has 0 heterocycles. The number of hydrogen-bond acceptors (Lipinski definition) is 5. The second kappa shape index (κ2) is 15.4. The second-order valence-corrected chi connectivity index (χ2v) is 12.3. The minimum absolute atomic E-state index is 0.00784. The van der Waals surface area contributed by atoms with Gasteiger partial charge in [0, 0.05) is 30.6 Å². The zero-order valence-corrected chi connectivity index (χ0v) is 25.3. The predicted molar refractivity (Wildman–Crippen MR) is 163 cm³/mol. The second-order valence-electron chi connectivity index (χ2n) is 11.9. The first-order valence-corrected chi connectivity index (χ1v) is 15.6. The number of nitrogens with zero attached hydrogens (tertiary/aromatic N) is 1. The topological polar surface area (TPSA) is 108 Å². The molecule has 2 saturated carbocycles. The molecule has 0 unspecified atom stereocenters. The van der Waals surface area contributed by atoms with Crippen molar-refractivity contribution in [1.29, 1.82) is 0 Å². The first-order chi connectivity index (χ1) is 20.3. The van der Waals surface area contributed by atoms with Crippen molar-refractivity contribution in [2.24, 2.45) is 5.92 Å². The number of aliphatic hydroxyl groups excluding tert-OH is 1. The molecule has 2 aliphatic rings. The predicted octanol–water partition coefficient (Wildman–Crippen LogP) is 5.40. The van der Waals surface area contributed by atoms with Crippen molar-refractivity contribution < 1.29 is 24.2 Å². The van der Waals surface area contributed by atoms with Crippen molar-refractivity contribution >= 4 is 29.5 Å². The van der Waals surface area contributed by atoms with Gasteiger partial charge in [-0.3, -0.25) is 9.59 Å². The number of alkyl carbamates (subject to hydrolysis) is 1. The Balaban J connectivity index is 1.30. The van der Waals surface area contributed by atoms with Crippen LogP contribution in [0.25, 0.3) is 0 Å². The Morgan fingerprint density at radius 3 is 2.43 bits per heavy atom. The van der Waals surface area contributed by atoms with Gasteiger partial charge in [-0.05, 0) is 61.3 Å². The van der Waals surface area contributed by atoms with Gasteiger partial charge in [-0.2, -0.15) is 0 Å². The summed E-state index contributed by atoms with van der Waals surface area (Å²) in [7, 11) is 1.85. The number of aliphatic hydroxyl groups is 1. The van der Waals surface area contributed by atoms with Crippen LogP contribution in [0.1, 0.15) is 75.3 Å². The fraction of sp³-hybridized carbons (Fsp3) is 0.545. The van der Waals surface area contributed by atoms with Crippen LogP contribution >= 0.6 is 11.6 Å². The minimum Gasteiger partial charge on any atom is -0.436 e. The van der Waals surface area contributed by atoms with Crippen LogP contribution in [0.2, 0.25) is 5.02 Å². The third-order valence-corrected chi connectivity index (χ3v) is 8.94. The summed E-state index contributed by atoms with van der Waals surface area (Å²) >= 11 is 6.04. The molecular weight excluding hydrogens is 554 g/mol. The maximum Gasteiger partial charge on any atom is 0.408 e. The van der Waals surface area contributed by atoms with E-state index in [9.17, 15) is 19.5 Å². The van der Waals surface area contributed by atoms with E-state index in [0.717, 1.165) is 50.5 Å². The molecule has 2 aliphatic carbocycles. The number of benzene rings is 2. The summed E-state index contributed by atoms with van der Waals surface area (Å²) in [6, 6.07) is 16.7. The highest BCUT2D eigenvalue weighted by atomic mass is 35.5. The minimum atomic E-state index is -0.986. The van der Waals surface area contributed by atoms with Gasteiger partial charge in [-0.25, -0.2) is 4.79 Å². The Bertz CT molecular complexity index is 1180. The van der Waals surface area contributed by atoms with E-state index in [2.05, 4.69) is 22.8 Å². The monoisotopic (exact) mass is 597 g/mol. The SMILES string of the molecule is CN(C(=O)CC[C@@H](CO)NC(=O)[C@H](CC1CCCCC1)OC(=O)NCc1cccc(Cl)c1)C1(Cc2ccccc2)CC1. The van der Waals surface area contributed by atoms with Crippen LogP contribution in [0.3, 0.4) is 0 Å². The third-order valence-electron chi connectivity index (χ3n) is 8.70. The van der Waals surface area contributed by atoms with E-state index in [1.165, 1.54) is 12.0 Å². The van der Waals surface area contributed by atoms with Crippen LogP contribution < -0.4 is 10.6 Å². The first-order valence-electron chi connectivity index (χ1n) is 15.2. The molecule has 0 aromatic heterocycles. The Labute approximate surface area is 254 Å². The average Bonchev–Trinajstić information content (AvgIpc) is 3.78. The molecule has 0 saturated heterocycles. The summed E-state index contributed by atoms with van der Waals surface area (Å²) in [4.78, 5) is 41.0. The molecule has 0 aliphatic heterocycles. The number of carbonyl (C=O) groups excluding carboxylic acids is 3. The lowest BCUT2D eigenvalue weighted by Gasteiger charge is -2.30. The highest BCUT2D eigenvalue weighted by Crippen LogP contribution is 2.44. The van der Waals surface area contributed by atoms with Gasteiger partial charge in [-0.15, -0.1) is 0 Å². The smallest absolute Gasteiger partial charge is 0.408 e. The Morgan fingerprint density at radius 2 is 1.76 bits per heavy atom. The molecule has 2 fully saturated rings. The first kappa shape index (κ1) is 31.8. The lowest BCUT2D eigenvalue weighted by Crippen LogP contribution is -2.47. The lowest BCUT2D eigenvalue weighted by atomic mass is 9.85. The van der Waals surface area contributed by atoms with E-state index in [4.69, 9.17) is 16.3 Å². The molecule has 2 atom stereocenters. The van der Waals surface area contributed by atoms with Crippen molar-refractivity contribution in [3.05, 3.63) is 70.7 Å². The van der Waals surface area contributed by atoms with E-state index in [-0.39, 0.29) is 36.9 Å². The van der Waals surface area contributed by atoms with Crippen LogP contribution in [0.15, 0.2) is 54.6 Å². The lowest BCUT2D eigenvalue weighted by molar-refractivity contribution is -0.134. The molecule has 0 bridgehead atoms. The zero-order chi connectivity index (χ0) is 30.0. The summed E-state index contributed by atoms with van der Waals surface area (Å²) in [6.45, 7) is -0.0905. The van der Waals surface area contributed by atoms with Gasteiger partial charge >= 0.3 is 6.09 Å². The molecule has 4 rings (SSSR count). The molecule has 0 radical (unpaired) electrons. The van der Waals surface area contributed by atoms with Crippen LogP contribution in [-0.4, -0.2) is 59.3 Å². The van der Waals surface area contributed by atoms with Gasteiger partial charge in [-0.1, -0.05) is 86.2 Å². The zero-order valence-electron chi connectivity index (χ0n) is 24.5. The van der Waals surface area contributed by atoms with Crippen molar-refractivity contribution in [2.45, 2.75) is 94.9 Å². The summed E-state index contributed by atoms with van der Waals surface area (Å²) in [5, 5.41) is 16.2. The van der Waals surface area contributed by atoms with Crippen LogP contribution in [-0.2, 0) is 27.3 Å². The Morgan fingerprint density at radius 1 is 1.05 bits per heavy atom. The molecule has 2 aromatic rings. The number of carbonyl (C=O) groups is 3. The molecule has 9 heteroatoms. The van der Waals surface area contributed by atoms with E-state index < -0.39 is 24.1 Å². The number of likely N-dealkylation sites (N-methyl/N-ethyl adjacent to an activating group) is 1. The number of amides is 3. The van der Waals surface area contributed by atoms with Gasteiger partial charge < -0.3 is 25.4 Å². The Hall–Kier alpha value is -3.10. The van der Waals surface area contributed by atoms with Crippen LogP contribution in [0.5, 0.6) is 0 Å². The number of hydrogen-bond donors (Lipinski definition) is 3. The van der Waals surface area contributed by atoms with E-state index in [1.807, 2.05) is 36.2 Å². The van der Waals surface area contributed by atoms with Gasteiger partial charge in [0.05, 0.1) is 12.6 Å². The summed E-state index contributed by atoms with van der Waals surface area (Å²) in [6.07, 6.45) is 7.35. The van der Waals surface area contributed by atoms with Gasteiger partial charge in [0.15, 0.2) is 6.10 Å². The number of rotatable bonds is 14. The standard InChI is InChI=1S/C33H44ClN3O5/c1-37(33(17-18-33)21-25-11-6-3-7-12-25)30(39)16-15-28(23-38)36-31(40)29(20-24-9-4-2-5-10-24)42-32(41)35-22-26-13-8-14-27(34)19-26/h3,6-8,11-14,19,24,28-29,38H,2,4-5,9-10,15-18,20-23H2,1H3,(H,35,41)(H,36,40)/t28-,29-/m0/s1. The fourth-order valence-corrected chi connectivity index (χ4v) is 6.12. The molecule has 42 heavy (non-hydrogen) atoms. The molecule has 8 nitrogen and oxygen atoms in total. The van der Waals surface area contributed by atoms with Gasteiger partial charge in [0.2, 0.25) is 5.91 Å². The quantitative estimate of drug-likeness (QED) is 0.270. The van der Waals surface area contributed by atoms with Crippen molar-refractivity contribution in [1.82, 2.24) is 15.5 Å². The van der Waals surface area contributed by atoms with Crippen LogP contribution in [0, 0.1) is 5.92 Å². The van der Waals surface area contributed by atoms with E-state index >= 15 is 0 Å². The fourth-order valence-electron chi connectivity index (χ4n) is 5.91. The third kappa shape index (κ3) is 9.46. The number of nitrogens with one attached hydrogen (secondary N) is 2. The largest absolute Gasteiger partial charge is 0.436 e. The summed E-state index contributed by atoms with van der Waals surface area (Å²) in [5.41, 5.74) is 1.86. The van der Waals surface area contributed by atoms with Crippen molar-refractivity contribution in [3.8, 4) is 0 Å². The summed E-state index contributed by atoms with van der Waals surface area (Å²) < 4.78 is 5.63. The maximum atomic E-state index is 13.4. The molecular formula is C33H44ClN3O5. The molecule has 3 N–H and O–H groups in total. The average molecular weight is 598 g/mol. The summed E-state index contributed by atoms with van der Waals surface area (Å²) in [5.74, 6) is -0.162. The normalized spacial score (nSPS) is 17.5. The van der Waals surface area contributed by atoms with E-state index in [1.54, 1.807) is 18.2 Å². The molecule has 0 spiro atoms. The van der Waals surface area contributed by atoms with Crippen molar-refractivity contribution in [3.63, 3.8) is 0 Å². The van der Waals surface area contributed by atoms with Crippen molar-refractivity contribution in [2.75, 3.05) is 13.7 Å². The maximum absolute atomic E-state index is 13.4. The molecule has 3 amide bonds. The number of ether oxygens (including phenoxy) is 1. The van der Waals surface area contributed by atoms with Gasteiger partial charge in [0.1, 0.15) is 0 Å². The van der Waals surface area contributed by atoms with E-state index in [0.29, 0.717) is 17.9 Å². The Kier molecular flexibility index (Phi) is 11.7. The number of halogens is 1. The highest BCUT2D eigenvalue weighted by molar-refractivity contribution is 6.30. The highest BCUT2D eigenvalue weighted by Gasteiger charge is 2.48.